The quantitative estimate of drug-likeness (QED) is 0.793. The van der Waals surface area contributed by atoms with Crippen molar-refractivity contribution in [1.29, 1.82) is 0 Å². The molecule has 0 aliphatic heterocycles. The Kier molecular flexibility index (Phi) is 5.76. The summed E-state index contributed by atoms with van der Waals surface area (Å²) in [4.78, 5) is 18.1. The lowest BCUT2D eigenvalue weighted by atomic mass is 10.2. The van der Waals surface area contributed by atoms with Crippen LogP contribution in [0.3, 0.4) is 0 Å². The summed E-state index contributed by atoms with van der Waals surface area (Å²) < 4.78 is 1.79. The van der Waals surface area contributed by atoms with E-state index < -0.39 is 0 Å². The lowest BCUT2D eigenvalue weighted by Gasteiger charge is -2.22. The number of hydrogen-bond acceptors (Lipinski definition) is 2. The average Bonchev–Trinajstić information content (AvgIpc) is 2.48. The molecule has 21 heavy (non-hydrogen) atoms. The summed E-state index contributed by atoms with van der Waals surface area (Å²) in [5.74, 6) is 0. The molecule has 0 bridgehead atoms. The molecule has 1 aromatic carbocycles. The Hall–Kier alpha value is -1.40. The topological polar surface area (TPSA) is 45.2 Å². The highest BCUT2D eigenvalue weighted by Crippen LogP contribution is 2.26. The van der Waals surface area contributed by atoms with Gasteiger partial charge < -0.3 is 10.2 Å². The van der Waals surface area contributed by atoms with Gasteiger partial charge in [0.1, 0.15) is 0 Å². The summed E-state index contributed by atoms with van der Waals surface area (Å²) in [7, 11) is 0. The number of aromatic nitrogens is 1. The van der Waals surface area contributed by atoms with Crippen LogP contribution in [-0.4, -0.2) is 22.5 Å². The summed E-state index contributed by atoms with van der Waals surface area (Å²) in [6.07, 6.45) is 3.46. The van der Waals surface area contributed by atoms with Crippen molar-refractivity contribution in [2.24, 2.45) is 0 Å². The molecule has 0 unspecified atom stereocenters. The first-order valence-electron chi connectivity index (χ1n) is 6.50. The molecule has 0 fully saturated rings. The number of anilines is 1. The van der Waals surface area contributed by atoms with Gasteiger partial charge in [0.2, 0.25) is 0 Å². The molecule has 0 aliphatic rings. The zero-order valence-electron chi connectivity index (χ0n) is 11.5. The van der Waals surface area contributed by atoms with E-state index in [0.29, 0.717) is 13.1 Å². The molecule has 0 spiro atoms. The van der Waals surface area contributed by atoms with Crippen LogP contribution in [0.15, 0.2) is 51.7 Å². The molecule has 2 amide bonds. The molecular formula is C15H15Br2N3O. The number of nitrogens with one attached hydrogen (secondary N) is 1. The normalized spacial score (nSPS) is 10.2. The Balaban J connectivity index is 2.06. The Morgan fingerprint density at radius 1 is 1.24 bits per heavy atom. The van der Waals surface area contributed by atoms with Gasteiger partial charge in [-0.25, -0.2) is 4.79 Å². The first-order chi connectivity index (χ1) is 10.1. The Morgan fingerprint density at radius 2 is 1.95 bits per heavy atom. The molecule has 1 aromatic heterocycles. The van der Waals surface area contributed by atoms with Gasteiger partial charge in [0.05, 0.1) is 5.69 Å². The number of nitrogens with zero attached hydrogens (tertiary/aromatic N) is 2. The van der Waals surface area contributed by atoms with Gasteiger partial charge in [-0.15, -0.1) is 0 Å². The van der Waals surface area contributed by atoms with E-state index in [1.54, 1.807) is 17.3 Å². The summed E-state index contributed by atoms with van der Waals surface area (Å²) in [6, 6.07) is 9.33. The van der Waals surface area contributed by atoms with E-state index in [-0.39, 0.29) is 6.03 Å². The minimum atomic E-state index is -0.127. The lowest BCUT2D eigenvalue weighted by molar-refractivity contribution is 0.212. The molecule has 0 saturated heterocycles. The number of hydrogen-bond donors (Lipinski definition) is 1. The summed E-state index contributed by atoms with van der Waals surface area (Å²) >= 11 is 6.83. The van der Waals surface area contributed by atoms with Crippen LogP contribution in [0.2, 0.25) is 0 Å². The van der Waals surface area contributed by atoms with E-state index in [9.17, 15) is 4.79 Å². The van der Waals surface area contributed by atoms with E-state index in [4.69, 9.17) is 0 Å². The van der Waals surface area contributed by atoms with Gasteiger partial charge in [-0.05, 0) is 58.7 Å². The second-order valence-electron chi connectivity index (χ2n) is 4.42. The molecule has 0 saturated carbocycles. The number of amides is 2. The van der Waals surface area contributed by atoms with Crippen LogP contribution in [0.25, 0.3) is 0 Å². The number of halogens is 2. The molecule has 110 valence electrons. The molecule has 0 atom stereocenters. The van der Waals surface area contributed by atoms with Crippen LogP contribution in [0.1, 0.15) is 12.5 Å². The van der Waals surface area contributed by atoms with Crippen LogP contribution in [0.4, 0.5) is 10.5 Å². The average molecular weight is 413 g/mol. The van der Waals surface area contributed by atoms with Gasteiger partial charge in [-0.3, -0.25) is 4.98 Å². The van der Waals surface area contributed by atoms with Crippen LogP contribution in [-0.2, 0) is 6.54 Å². The maximum absolute atomic E-state index is 12.4. The fourth-order valence-electron chi connectivity index (χ4n) is 1.82. The highest BCUT2D eigenvalue weighted by molar-refractivity contribution is 9.11. The predicted octanol–water partition coefficient (Wildman–Crippen LogP) is 4.66. The van der Waals surface area contributed by atoms with Crippen LogP contribution < -0.4 is 5.32 Å². The third-order valence-electron chi connectivity index (χ3n) is 2.96. The summed E-state index contributed by atoms with van der Waals surface area (Å²) in [5.41, 5.74) is 1.80. The maximum atomic E-state index is 12.4. The summed E-state index contributed by atoms with van der Waals surface area (Å²) in [6.45, 7) is 3.14. The molecule has 4 nitrogen and oxygen atoms in total. The summed E-state index contributed by atoms with van der Waals surface area (Å²) in [5, 5.41) is 2.91. The monoisotopic (exact) mass is 411 g/mol. The van der Waals surface area contributed by atoms with Gasteiger partial charge in [-0.2, -0.15) is 0 Å². The first-order valence-corrected chi connectivity index (χ1v) is 8.08. The Bertz CT molecular complexity index is 620. The third-order valence-corrected chi connectivity index (χ3v) is 4.11. The molecular weight excluding hydrogens is 398 g/mol. The number of carbonyl (C=O) groups is 1. The predicted molar refractivity (Wildman–Crippen MR) is 91.2 cm³/mol. The standard InChI is InChI=1S/C15H15Br2N3O/c1-2-20(10-11-5-7-18-8-6-11)15(21)19-14-4-3-12(16)9-13(14)17/h3-9H,2,10H2,1H3,(H,19,21). The maximum Gasteiger partial charge on any atom is 0.322 e. The van der Waals surface area contributed by atoms with E-state index in [2.05, 4.69) is 42.2 Å². The Morgan fingerprint density at radius 3 is 2.57 bits per heavy atom. The van der Waals surface area contributed by atoms with Crippen molar-refractivity contribution >= 4 is 43.6 Å². The van der Waals surface area contributed by atoms with E-state index in [1.165, 1.54) is 0 Å². The van der Waals surface area contributed by atoms with Crippen molar-refractivity contribution in [1.82, 2.24) is 9.88 Å². The fraction of sp³-hybridized carbons (Fsp3) is 0.200. The number of benzene rings is 1. The van der Waals surface area contributed by atoms with Crippen molar-refractivity contribution in [3.63, 3.8) is 0 Å². The molecule has 0 aliphatic carbocycles. The third kappa shape index (κ3) is 4.54. The van der Waals surface area contributed by atoms with E-state index >= 15 is 0 Å². The van der Waals surface area contributed by atoms with Gasteiger partial charge in [-0.1, -0.05) is 15.9 Å². The van der Waals surface area contributed by atoms with E-state index in [0.717, 1.165) is 20.2 Å². The second-order valence-corrected chi connectivity index (χ2v) is 6.19. The largest absolute Gasteiger partial charge is 0.322 e. The highest BCUT2D eigenvalue weighted by atomic mass is 79.9. The first kappa shape index (κ1) is 16.0. The van der Waals surface area contributed by atoms with Crippen LogP contribution >= 0.6 is 31.9 Å². The SMILES string of the molecule is CCN(Cc1ccncc1)C(=O)Nc1ccc(Br)cc1Br. The number of pyridine rings is 1. The van der Waals surface area contributed by atoms with Gasteiger partial charge in [0, 0.05) is 34.4 Å². The van der Waals surface area contributed by atoms with Crippen LogP contribution in [0.5, 0.6) is 0 Å². The number of rotatable bonds is 4. The van der Waals surface area contributed by atoms with Crippen molar-refractivity contribution in [3.05, 3.63) is 57.2 Å². The molecule has 0 radical (unpaired) electrons. The molecule has 2 aromatic rings. The molecule has 1 N–H and O–H groups in total. The molecule has 6 heteroatoms. The van der Waals surface area contributed by atoms with Crippen molar-refractivity contribution in [2.45, 2.75) is 13.5 Å². The minimum absolute atomic E-state index is 0.127. The van der Waals surface area contributed by atoms with Crippen molar-refractivity contribution in [2.75, 3.05) is 11.9 Å². The zero-order valence-corrected chi connectivity index (χ0v) is 14.7. The minimum Gasteiger partial charge on any atom is -0.320 e. The van der Waals surface area contributed by atoms with Crippen molar-refractivity contribution in [3.8, 4) is 0 Å². The Labute approximate surface area is 140 Å². The van der Waals surface area contributed by atoms with Gasteiger partial charge >= 0.3 is 6.03 Å². The van der Waals surface area contributed by atoms with Crippen LogP contribution in [0, 0.1) is 0 Å². The smallest absolute Gasteiger partial charge is 0.320 e. The van der Waals surface area contributed by atoms with E-state index in [1.807, 2.05) is 37.3 Å². The van der Waals surface area contributed by atoms with Gasteiger partial charge in [0.15, 0.2) is 0 Å². The number of carbonyl (C=O) groups excluding carboxylic acids is 1. The fourth-order valence-corrected chi connectivity index (χ4v) is 2.97. The van der Waals surface area contributed by atoms with Gasteiger partial charge in [0.25, 0.3) is 0 Å². The van der Waals surface area contributed by atoms with Crippen molar-refractivity contribution < 1.29 is 4.79 Å². The zero-order chi connectivity index (χ0) is 15.2. The molecule has 1 heterocycles. The highest BCUT2D eigenvalue weighted by Gasteiger charge is 2.13. The number of urea groups is 1. The second kappa shape index (κ2) is 7.56. The lowest BCUT2D eigenvalue weighted by Crippen LogP contribution is -2.34. The molecule has 2 rings (SSSR count).